The summed E-state index contributed by atoms with van der Waals surface area (Å²) < 4.78 is 5.31. The number of likely N-dealkylation sites (tertiary alicyclic amines) is 1. The smallest absolute Gasteiger partial charge is 0.282 e. The molecule has 1 aromatic heterocycles. The van der Waals surface area contributed by atoms with E-state index in [1.807, 2.05) is 31.2 Å². The summed E-state index contributed by atoms with van der Waals surface area (Å²) in [7, 11) is 1.62. The van der Waals surface area contributed by atoms with E-state index in [1.165, 1.54) is 16.2 Å². The van der Waals surface area contributed by atoms with E-state index in [0.29, 0.717) is 11.8 Å². The zero-order valence-electron chi connectivity index (χ0n) is 13.5. The molecule has 23 heavy (non-hydrogen) atoms. The molecule has 1 fully saturated rings. The molecular formula is C18H23N2O2S+. The fourth-order valence-corrected chi connectivity index (χ4v) is 4.26. The van der Waals surface area contributed by atoms with Crippen LogP contribution in [0.3, 0.4) is 0 Å². The van der Waals surface area contributed by atoms with Crippen molar-refractivity contribution < 1.29 is 14.4 Å². The molecule has 2 N–H and O–H groups in total. The molecule has 1 aromatic carbocycles. The van der Waals surface area contributed by atoms with Gasteiger partial charge in [0.05, 0.1) is 24.2 Å². The molecule has 3 rings (SSSR count). The summed E-state index contributed by atoms with van der Waals surface area (Å²) in [4.78, 5) is 15.4. The maximum absolute atomic E-state index is 12.7. The molecule has 1 aliphatic heterocycles. The predicted octanol–water partition coefficient (Wildman–Crippen LogP) is 2.50. The molecule has 1 unspecified atom stereocenters. The average Bonchev–Trinajstić information content (AvgIpc) is 3.25. The van der Waals surface area contributed by atoms with Gasteiger partial charge in [-0.3, -0.25) is 4.79 Å². The highest BCUT2D eigenvalue weighted by Crippen LogP contribution is 2.25. The van der Waals surface area contributed by atoms with Crippen LogP contribution < -0.4 is 15.0 Å². The minimum absolute atomic E-state index is 0.0490. The Labute approximate surface area is 141 Å². The van der Waals surface area contributed by atoms with Gasteiger partial charge in [0.1, 0.15) is 11.8 Å². The van der Waals surface area contributed by atoms with Crippen LogP contribution >= 0.6 is 11.3 Å². The van der Waals surface area contributed by atoms with E-state index >= 15 is 0 Å². The van der Waals surface area contributed by atoms with E-state index in [0.717, 1.165) is 18.7 Å². The minimum atomic E-state index is -0.0884. The number of para-hydroxylation sites is 2. The van der Waals surface area contributed by atoms with Gasteiger partial charge >= 0.3 is 0 Å². The molecule has 1 saturated heterocycles. The third-order valence-electron chi connectivity index (χ3n) is 4.61. The molecule has 0 aliphatic carbocycles. The van der Waals surface area contributed by atoms with Crippen molar-refractivity contribution in [1.82, 2.24) is 0 Å². The van der Waals surface area contributed by atoms with Crippen LogP contribution in [-0.2, 0) is 4.79 Å². The number of anilines is 1. The van der Waals surface area contributed by atoms with Crippen molar-refractivity contribution in [2.75, 3.05) is 19.0 Å². The molecule has 2 aromatic rings. The highest BCUT2D eigenvalue weighted by atomic mass is 32.1. The maximum atomic E-state index is 12.7. The van der Waals surface area contributed by atoms with Gasteiger partial charge in [0, 0.05) is 12.8 Å². The first-order valence-corrected chi connectivity index (χ1v) is 8.91. The van der Waals surface area contributed by atoms with Crippen molar-refractivity contribution >= 4 is 22.9 Å². The first-order chi connectivity index (χ1) is 11.2. The predicted molar refractivity (Wildman–Crippen MR) is 93.2 cm³/mol. The Morgan fingerprint density at radius 3 is 2.91 bits per heavy atom. The first-order valence-electron chi connectivity index (χ1n) is 8.03. The lowest BCUT2D eigenvalue weighted by atomic mass is 10.1. The van der Waals surface area contributed by atoms with Crippen molar-refractivity contribution in [3.05, 3.63) is 46.7 Å². The summed E-state index contributed by atoms with van der Waals surface area (Å²) in [6.45, 7) is 3.06. The Morgan fingerprint density at radius 2 is 2.17 bits per heavy atom. The second-order valence-corrected chi connectivity index (χ2v) is 6.93. The molecule has 1 amide bonds. The monoisotopic (exact) mass is 331 g/mol. The lowest BCUT2D eigenvalue weighted by Crippen LogP contribution is -3.15. The number of hydrogen-bond acceptors (Lipinski definition) is 3. The number of benzene rings is 1. The molecule has 0 saturated carbocycles. The highest BCUT2D eigenvalue weighted by Gasteiger charge is 2.37. The summed E-state index contributed by atoms with van der Waals surface area (Å²) in [5, 5.41) is 5.14. The van der Waals surface area contributed by atoms with Crippen LogP contribution in [0.5, 0.6) is 5.75 Å². The molecule has 122 valence electrons. The van der Waals surface area contributed by atoms with E-state index in [4.69, 9.17) is 4.74 Å². The van der Waals surface area contributed by atoms with E-state index in [-0.39, 0.29) is 11.9 Å². The van der Waals surface area contributed by atoms with Crippen molar-refractivity contribution in [2.45, 2.75) is 31.8 Å². The van der Waals surface area contributed by atoms with Gasteiger partial charge in [0.15, 0.2) is 6.04 Å². The molecule has 1 aliphatic rings. The van der Waals surface area contributed by atoms with E-state index in [9.17, 15) is 4.79 Å². The number of thiophene rings is 1. The largest absolute Gasteiger partial charge is 0.495 e. The van der Waals surface area contributed by atoms with Gasteiger partial charge < -0.3 is 15.0 Å². The Hall–Kier alpha value is -1.85. The van der Waals surface area contributed by atoms with Crippen LogP contribution in [-0.4, -0.2) is 25.6 Å². The number of methoxy groups -OCH3 is 1. The van der Waals surface area contributed by atoms with Crippen LogP contribution in [0.2, 0.25) is 0 Å². The third kappa shape index (κ3) is 3.41. The van der Waals surface area contributed by atoms with Crippen molar-refractivity contribution in [1.29, 1.82) is 0 Å². The van der Waals surface area contributed by atoms with Gasteiger partial charge in [0.2, 0.25) is 0 Å². The molecule has 2 heterocycles. The lowest BCUT2D eigenvalue weighted by Gasteiger charge is -2.26. The number of nitrogens with one attached hydrogen (secondary N) is 2. The standard InChI is InChI=1S/C18H22N2O2S/c1-13(18(21)19-14-7-3-4-9-16(14)22-2)20-11-5-8-15(20)17-10-6-12-23-17/h3-4,6-7,9-10,12-13,15H,5,8,11H2,1-2H3,(H,19,21)/p+1/t13-,15-/m1/s1. The van der Waals surface area contributed by atoms with Crippen LogP contribution in [0.25, 0.3) is 0 Å². The molecule has 0 spiro atoms. The van der Waals surface area contributed by atoms with Crippen LogP contribution in [0.4, 0.5) is 5.69 Å². The van der Waals surface area contributed by atoms with Crippen LogP contribution in [0.15, 0.2) is 41.8 Å². The van der Waals surface area contributed by atoms with Gasteiger partial charge in [-0.25, -0.2) is 0 Å². The molecular weight excluding hydrogens is 308 g/mol. The lowest BCUT2D eigenvalue weighted by molar-refractivity contribution is -0.931. The Kier molecular flexibility index (Phi) is 4.98. The Balaban J connectivity index is 1.72. The second kappa shape index (κ2) is 7.15. The highest BCUT2D eigenvalue weighted by molar-refractivity contribution is 7.10. The summed E-state index contributed by atoms with van der Waals surface area (Å²) in [6.07, 6.45) is 2.33. The fourth-order valence-electron chi connectivity index (χ4n) is 3.36. The summed E-state index contributed by atoms with van der Waals surface area (Å²) in [6, 6.07) is 12.2. The van der Waals surface area contributed by atoms with Crippen molar-refractivity contribution in [2.24, 2.45) is 0 Å². The number of amides is 1. The molecule has 4 nitrogen and oxygen atoms in total. The number of hydrogen-bond donors (Lipinski definition) is 2. The Morgan fingerprint density at radius 1 is 1.35 bits per heavy atom. The van der Waals surface area contributed by atoms with Crippen molar-refractivity contribution in [3.8, 4) is 5.75 Å². The van der Waals surface area contributed by atoms with Crippen LogP contribution in [0.1, 0.15) is 30.7 Å². The van der Waals surface area contributed by atoms with Crippen molar-refractivity contribution in [3.63, 3.8) is 0 Å². The topological polar surface area (TPSA) is 42.8 Å². The summed E-state index contributed by atoms with van der Waals surface area (Å²) in [5.41, 5.74) is 0.734. The van der Waals surface area contributed by atoms with Gasteiger partial charge in [-0.05, 0) is 30.5 Å². The number of ether oxygens (including phenoxy) is 1. The number of rotatable bonds is 5. The van der Waals surface area contributed by atoms with E-state index in [2.05, 4.69) is 22.8 Å². The molecule has 3 atom stereocenters. The minimum Gasteiger partial charge on any atom is -0.495 e. The average molecular weight is 331 g/mol. The molecule has 0 bridgehead atoms. The summed E-state index contributed by atoms with van der Waals surface area (Å²) in [5.74, 6) is 0.743. The third-order valence-corrected chi connectivity index (χ3v) is 5.59. The van der Waals surface area contributed by atoms with Gasteiger partial charge in [-0.1, -0.05) is 18.2 Å². The number of carbonyl (C=O) groups excluding carboxylic acids is 1. The molecule has 0 radical (unpaired) electrons. The van der Waals surface area contributed by atoms with Gasteiger partial charge in [-0.15, -0.1) is 11.3 Å². The summed E-state index contributed by atoms with van der Waals surface area (Å²) >= 11 is 1.79. The zero-order chi connectivity index (χ0) is 16.2. The van der Waals surface area contributed by atoms with Crippen LogP contribution in [0, 0.1) is 0 Å². The fraction of sp³-hybridized carbons (Fsp3) is 0.389. The zero-order valence-corrected chi connectivity index (χ0v) is 14.4. The maximum Gasteiger partial charge on any atom is 0.282 e. The Bertz CT molecular complexity index is 657. The number of quaternary nitrogens is 1. The van der Waals surface area contributed by atoms with E-state index < -0.39 is 0 Å². The van der Waals surface area contributed by atoms with E-state index in [1.54, 1.807) is 18.4 Å². The first kappa shape index (κ1) is 16.0. The number of carbonyl (C=O) groups is 1. The quantitative estimate of drug-likeness (QED) is 0.884. The SMILES string of the molecule is COc1ccccc1NC(=O)[C@@H](C)[NH+]1CCC[C@@H]1c1cccs1. The molecule has 5 heteroatoms. The normalized spacial score (nSPS) is 21.8. The second-order valence-electron chi connectivity index (χ2n) is 5.95. The van der Waals surface area contributed by atoms with Gasteiger partial charge in [-0.2, -0.15) is 0 Å². The van der Waals surface area contributed by atoms with Gasteiger partial charge in [0.25, 0.3) is 5.91 Å².